The molecule has 0 saturated carbocycles. The van der Waals surface area contributed by atoms with Gasteiger partial charge in [-0.1, -0.05) is 35.6 Å². The Balaban J connectivity index is 2.11. The van der Waals surface area contributed by atoms with E-state index in [1.807, 2.05) is 38.1 Å². The summed E-state index contributed by atoms with van der Waals surface area (Å²) in [7, 11) is 1.30. The zero-order valence-corrected chi connectivity index (χ0v) is 15.5. The molecule has 134 valence electrons. The van der Waals surface area contributed by atoms with Crippen LogP contribution in [-0.2, 0) is 27.4 Å². The van der Waals surface area contributed by atoms with Gasteiger partial charge in [0.25, 0.3) is 0 Å². The molecule has 25 heavy (non-hydrogen) atoms. The topological polar surface area (TPSA) is 68.6 Å². The molecule has 0 aliphatic rings. The first-order valence-corrected chi connectivity index (χ1v) is 8.84. The van der Waals surface area contributed by atoms with Crippen molar-refractivity contribution in [1.29, 1.82) is 0 Å². The molecule has 1 heterocycles. The molecule has 0 spiro atoms. The van der Waals surface area contributed by atoms with Crippen LogP contribution >= 0.6 is 11.3 Å². The van der Waals surface area contributed by atoms with Gasteiger partial charge in [-0.3, -0.25) is 14.4 Å². The van der Waals surface area contributed by atoms with Gasteiger partial charge in [-0.05, 0) is 25.0 Å². The van der Waals surface area contributed by atoms with Gasteiger partial charge in [0.05, 0.1) is 7.11 Å². The second-order valence-electron chi connectivity index (χ2n) is 5.80. The fourth-order valence-corrected chi connectivity index (χ4v) is 3.25. The first kappa shape index (κ1) is 18.9. The lowest BCUT2D eigenvalue weighted by atomic mass is 10.1. The molecule has 0 unspecified atom stereocenters. The molecule has 1 aromatic carbocycles. The Labute approximate surface area is 150 Å². The average Bonchev–Trinajstić information content (AvgIpc) is 2.92. The first-order chi connectivity index (χ1) is 11.9. The van der Waals surface area contributed by atoms with Crippen molar-refractivity contribution < 1.29 is 14.3 Å². The number of benzene rings is 1. The van der Waals surface area contributed by atoms with Crippen LogP contribution in [0, 0.1) is 13.8 Å². The lowest BCUT2D eigenvalue weighted by Gasteiger charge is -2.22. The summed E-state index contributed by atoms with van der Waals surface area (Å²) in [6.07, 6.45) is 0.153. The Hall–Kier alpha value is -2.41. The minimum absolute atomic E-state index is 0.0799. The van der Waals surface area contributed by atoms with Crippen molar-refractivity contribution in [2.45, 2.75) is 33.4 Å². The molecule has 6 nitrogen and oxygen atoms in total. The van der Waals surface area contributed by atoms with Crippen LogP contribution in [0.1, 0.15) is 23.2 Å². The summed E-state index contributed by atoms with van der Waals surface area (Å²) in [5.74, 6) is -0.656. The number of hydrogen-bond donors (Lipinski definition) is 0. The third kappa shape index (κ3) is 5.03. The number of esters is 1. The molecule has 0 bridgehead atoms. The number of amides is 1. The molecule has 0 fully saturated rings. The zero-order valence-electron chi connectivity index (χ0n) is 14.7. The molecule has 0 atom stereocenters. The van der Waals surface area contributed by atoms with Crippen LogP contribution in [0.15, 0.2) is 34.4 Å². The van der Waals surface area contributed by atoms with E-state index in [2.05, 4.69) is 0 Å². The van der Waals surface area contributed by atoms with E-state index in [-0.39, 0.29) is 23.7 Å². The summed E-state index contributed by atoms with van der Waals surface area (Å²) in [5.41, 5.74) is 2.86. The highest BCUT2D eigenvalue weighted by molar-refractivity contribution is 7.07. The number of nitrogens with zero attached hydrogens (tertiary/aromatic N) is 2. The van der Waals surface area contributed by atoms with Crippen LogP contribution in [-0.4, -0.2) is 35.0 Å². The maximum Gasteiger partial charge on any atom is 0.325 e. The number of carbonyl (C=O) groups excluding carboxylic acids is 2. The van der Waals surface area contributed by atoms with Gasteiger partial charge in [-0.15, -0.1) is 0 Å². The molecule has 1 amide bonds. The second-order valence-corrected chi connectivity index (χ2v) is 6.62. The molecular formula is C18H22N2O4S. The standard InChI is InChI=1S/C18H22N2O4S/c1-13-6-4-5-7-15(13)10-19(11-17(22)24-3)16(21)8-9-20-14(2)12-25-18(20)23/h4-7,12H,8-11H2,1-3H3. The van der Waals surface area contributed by atoms with Gasteiger partial charge in [0.15, 0.2) is 0 Å². The van der Waals surface area contributed by atoms with Crippen molar-refractivity contribution in [3.05, 3.63) is 56.1 Å². The minimum atomic E-state index is -0.467. The Morgan fingerprint density at radius 1 is 1.24 bits per heavy atom. The smallest absolute Gasteiger partial charge is 0.325 e. The predicted octanol–water partition coefficient (Wildman–Crippen LogP) is 2.12. The minimum Gasteiger partial charge on any atom is -0.468 e. The van der Waals surface area contributed by atoms with E-state index in [1.54, 1.807) is 9.95 Å². The average molecular weight is 362 g/mol. The number of thiazole rings is 1. The normalized spacial score (nSPS) is 10.5. The van der Waals surface area contributed by atoms with Crippen molar-refractivity contribution in [3.63, 3.8) is 0 Å². The lowest BCUT2D eigenvalue weighted by Crippen LogP contribution is -2.36. The predicted molar refractivity (Wildman–Crippen MR) is 96.5 cm³/mol. The molecule has 7 heteroatoms. The fraction of sp³-hybridized carbons (Fsp3) is 0.389. The SMILES string of the molecule is COC(=O)CN(Cc1ccccc1C)C(=O)CCn1c(C)csc1=O. The summed E-state index contributed by atoms with van der Waals surface area (Å²) in [5, 5.41) is 1.77. The lowest BCUT2D eigenvalue weighted by molar-refractivity contribution is -0.147. The summed E-state index contributed by atoms with van der Waals surface area (Å²) >= 11 is 1.12. The number of aromatic nitrogens is 1. The molecule has 0 N–H and O–H groups in total. The van der Waals surface area contributed by atoms with E-state index in [1.165, 1.54) is 12.0 Å². The molecule has 2 aromatic rings. The number of aryl methyl sites for hydroxylation is 2. The summed E-state index contributed by atoms with van der Waals surface area (Å²) in [4.78, 5) is 37.5. The number of methoxy groups -OCH3 is 1. The van der Waals surface area contributed by atoms with Crippen molar-refractivity contribution in [3.8, 4) is 0 Å². The zero-order chi connectivity index (χ0) is 18.4. The molecule has 0 saturated heterocycles. The molecule has 0 aliphatic carbocycles. The molecule has 2 rings (SSSR count). The van der Waals surface area contributed by atoms with Gasteiger partial charge in [0.2, 0.25) is 5.91 Å². The van der Waals surface area contributed by atoms with E-state index in [9.17, 15) is 14.4 Å². The number of carbonyl (C=O) groups is 2. The maximum absolute atomic E-state index is 12.6. The third-order valence-electron chi connectivity index (χ3n) is 4.05. The molecule has 1 aromatic heterocycles. The van der Waals surface area contributed by atoms with E-state index < -0.39 is 5.97 Å². The Kier molecular flexibility index (Phi) is 6.52. The van der Waals surface area contributed by atoms with Crippen LogP contribution in [0.5, 0.6) is 0 Å². The van der Waals surface area contributed by atoms with Crippen molar-refractivity contribution in [1.82, 2.24) is 9.47 Å². The largest absolute Gasteiger partial charge is 0.468 e. The maximum atomic E-state index is 12.6. The highest BCUT2D eigenvalue weighted by atomic mass is 32.1. The van der Waals surface area contributed by atoms with Crippen LogP contribution in [0.4, 0.5) is 0 Å². The molecule has 0 radical (unpaired) electrons. The van der Waals surface area contributed by atoms with Crippen LogP contribution in [0.3, 0.4) is 0 Å². The Morgan fingerprint density at radius 3 is 2.56 bits per heavy atom. The van der Waals surface area contributed by atoms with Gasteiger partial charge < -0.3 is 14.2 Å². The highest BCUT2D eigenvalue weighted by Crippen LogP contribution is 2.12. The van der Waals surface area contributed by atoms with Crippen molar-refractivity contribution in [2.75, 3.05) is 13.7 Å². The first-order valence-electron chi connectivity index (χ1n) is 7.96. The Morgan fingerprint density at radius 2 is 1.96 bits per heavy atom. The monoisotopic (exact) mass is 362 g/mol. The van der Waals surface area contributed by atoms with Crippen molar-refractivity contribution in [2.24, 2.45) is 0 Å². The van der Waals surface area contributed by atoms with E-state index in [0.29, 0.717) is 13.1 Å². The fourth-order valence-electron chi connectivity index (χ4n) is 2.49. The van der Waals surface area contributed by atoms with Crippen molar-refractivity contribution >= 4 is 23.2 Å². The third-order valence-corrected chi connectivity index (χ3v) is 4.93. The van der Waals surface area contributed by atoms with E-state index >= 15 is 0 Å². The second kappa shape index (κ2) is 8.62. The highest BCUT2D eigenvalue weighted by Gasteiger charge is 2.19. The van der Waals surface area contributed by atoms with Gasteiger partial charge in [0, 0.05) is 30.6 Å². The van der Waals surface area contributed by atoms with E-state index in [0.717, 1.165) is 28.2 Å². The summed E-state index contributed by atoms with van der Waals surface area (Å²) in [6.45, 7) is 4.32. The molecular weight excluding hydrogens is 340 g/mol. The quantitative estimate of drug-likeness (QED) is 0.708. The van der Waals surface area contributed by atoms with Gasteiger partial charge >= 0.3 is 10.8 Å². The molecule has 0 aliphatic heterocycles. The number of rotatable bonds is 7. The van der Waals surface area contributed by atoms with Crippen LogP contribution in [0.2, 0.25) is 0 Å². The van der Waals surface area contributed by atoms with E-state index in [4.69, 9.17) is 4.74 Å². The summed E-state index contributed by atoms with van der Waals surface area (Å²) in [6, 6.07) is 7.72. The van der Waals surface area contributed by atoms with Gasteiger partial charge in [-0.2, -0.15) is 0 Å². The number of hydrogen-bond acceptors (Lipinski definition) is 5. The van der Waals surface area contributed by atoms with Gasteiger partial charge in [-0.25, -0.2) is 0 Å². The Bertz CT molecular complexity index is 809. The summed E-state index contributed by atoms with van der Waals surface area (Å²) < 4.78 is 6.28. The number of ether oxygens (including phenoxy) is 1. The van der Waals surface area contributed by atoms with Gasteiger partial charge in [0.1, 0.15) is 6.54 Å². The van der Waals surface area contributed by atoms with Crippen LogP contribution < -0.4 is 4.87 Å². The van der Waals surface area contributed by atoms with Crippen LogP contribution in [0.25, 0.3) is 0 Å².